The lowest BCUT2D eigenvalue weighted by Crippen LogP contribution is -2.29. The van der Waals surface area contributed by atoms with Crippen LogP contribution >= 0.6 is 22.7 Å². The number of amides is 1. The number of thiazole rings is 2. The first-order valence-electron chi connectivity index (χ1n) is 7.91. The predicted molar refractivity (Wildman–Crippen MR) is 107 cm³/mol. The molecule has 0 saturated carbocycles. The van der Waals surface area contributed by atoms with Gasteiger partial charge in [-0.25, -0.2) is 9.97 Å². The van der Waals surface area contributed by atoms with E-state index in [1.807, 2.05) is 53.7 Å². The first-order valence-corrected chi connectivity index (χ1v) is 9.61. The number of carbonyl (C=O) groups excluding carboxylic acids is 1. The summed E-state index contributed by atoms with van der Waals surface area (Å²) in [6, 6.07) is 11.7. The first-order chi connectivity index (χ1) is 12.7. The molecule has 0 aliphatic heterocycles. The third kappa shape index (κ3) is 3.56. The van der Waals surface area contributed by atoms with Crippen molar-refractivity contribution in [1.82, 2.24) is 15.0 Å². The number of benzene rings is 1. The Morgan fingerprint density at radius 1 is 1.19 bits per heavy atom. The van der Waals surface area contributed by atoms with Gasteiger partial charge >= 0.3 is 0 Å². The number of aromatic nitrogens is 3. The maximum Gasteiger partial charge on any atom is 0.245 e. The van der Waals surface area contributed by atoms with Crippen LogP contribution in [0.2, 0.25) is 0 Å². The van der Waals surface area contributed by atoms with E-state index >= 15 is 0 Å². The Balaban J connectivity index is 1.41. The summed E-state index contributed by atoms with van der Waals surface area (Å²) in [5, 5.41) is 6.15. The molecule has 6 nitrogen and oxygen atoms in total. The molecular weight excluding hydrogens is 366 g/mol. The van der Waals surface area contributed by atoms with Gasteiger partial charge in [-0.15, -0.1) is 11.3 Å². The maximum atomic E-state index is 12.3. The van der Waals surface area contributed by atoms with E-state index in [9.17, 15) is 4.79 Å². The third-order valence-corrected chi connectivity index (χ3v) is 5.61. The average molecular weight is 381 g/mol. The van der Waals surface area contributed by atoms with E-state index < -0.39 is 0 Å². The number of nitrogens with zero attached hydrogens (tertiary/aromatic N) is 4. The Kier molecular flexibility index (Phi) is 4.59. The van der Waals surface area contributed by atoms with Gasteiger partial charge in [0.2, 0.25) is 5.91 Å². The van der Waals surface area contributed by atoms with Crippen LogP contribution in [0.4, 0.5) is 10.3 Å². The van der Waals surface area contributed by atoms with Gasteiger partial charge in [0.25, 0.3) is 0 Å². The summed E-state index contributed by atoms with van der Waals surface area (Å²) < 4.78 is 1.11. The van der Waals surface area contributed by atoms with Crippen molar-refractivity contribution in [3.63, 3.8) is 0 Å². The monoisotopic (exact) mass is 381 g/mol. The van der Waals surface area contributed by atoms with Crippen molar-refractivity contribution in [3.05, 3.63) is 54.2 Å². The van der Waals surface area contributed by atoms with Crippen LogP contribution in [0, 0.1) is 0 Å². The molecule has 3 heterocycles. The fraction of sp³-hybridized carbons (Fsp3) is 0.111. The summed E-state index contributed by atoms with van der Waals surface area (Å²) in [4.78, 5) is 27.3. The zero-order chi connectivity index (χ0) is 17.9. The Labute approximate surface area is 158 Å². The highest BCUT2D eigenvalue weighted by atomic mass is 32.1. The van der Waals surface area contributed by atoms with Gasteiger partial charge in [0, 0.05) is 30.4 Å². The van der Waals surface area contributed by atoms with Crippen LogP contribution in [-0.4, -0.2) is 34.5 Å². The lowest BCUT2D eigenvalue weighted by atomic mass is 10.2. The van der Waals surface area contributed by atoms with Crippen LogP contribution in [-0.2, 0) is 4.79 Å². The van der Waals surface area contributed by atoms with Gasteiger partial charge in [0.15, 0.2) is 10.3 Å². The topological polar surface area (TPSA) is 71.0 Å². The second kappa shape index (κ2) is 7.19. The smallest absolute Gasteiger partial charge is 0.245 e. The van der Waals surface area contributed by atoms with E-state index in [0.29, 0.717) is 5.13 Å². The Hall–Kier alpha value is -2.84. The molecule has 0 aliphatic carbocycles. The van der Waals surface area contributed by atoms with Crippen LogP contribution in [0.3, 0.4) is 0 Å². The second-order valence-corrected chi connectivity index (χ2v) is 7.52. The normalized spacial score (nSPS) is 10.8. The average Bonchev–Trinajstić information content (AvgIpc) is 3.29. The van der Waals surface area contributed by atoms with Crippen molar-refractivity contribution in [1.29, 1.82) is 0 Å². The zero-order valence-corrected chi connectivity index (χ0v) is 15.5. The number of hydrogen-bond donors (Lipinski definition) is 1. The lowest BCUT2D eigenvalue weighted by Gasteiger charge is -2.14. The quantitative estimate of drug-likeness (QED) is 0.568. The highest BCUT2D eigenvalue weighted by molar-refractivity contribution is 7.22. The minimum absolute atomic E-state index is 0.126. The molecule has 0 saturated heterocycles. The van der Waals surface area contributed by atoms with Gasteiger partial charge in [-0.1, -0.05) is 23.5 Å². The molecule has 3 aromatic heterocycles. The molecule has 26 heavy (non-hydrogen) atoms. The molecule has 0 bridgehead atoms. The van der Waals surface area contributed by atoms with Gasteiger partial charge in [0.1, 0.15) is 0 Å². The molecule has 4 aromatic rings. The molecular formula is C18H15N5OS2. The highest BCUT2D eigenvalue weighted by Crippen LogP contribution is 2.28. The van der Waals surface area contributed by atoms with E-state index in [4.69, 9.17) is 0 Å². The van der Waals surface area contributed by atoms with Gasteiger partial charge in [-0.3, -0.25) is 9.78 Å². The second-order valence-electron chi connectivity index (χ2n) is 5.65. The van der Waals surface area contributed by atoms with E-state index in [-0.39, 0.29) is 12.5 Å². The zero-order valence-electron chi connectivity index (χ0n) is 13.9. The lowest BCUT2D eigenvalue weighted by molar-refractivity contribution is -0.114. The van der Waals surface area contributed by atoms with Crippen LogP contribution in [0.15, 0.2) is 54.2 Å². The molecule has 0 atom stereocenters. The number of fused-ring (bicyclic) bond motifs is 1. The van der Waals surface area contributed by atoms with Crippen LogP contribution in [0.5, 0.6) is 0 Å². The van der Waals surface area contributed by atoms with Gasteiger partial charge < -0.3 is 10.2 Å². The molecule has 4 rings (SSSR count). The molecule has 0 radical (unpaired) electrons. The molecule has 130 valence electrons. The number of anilines is 2. The number of pyridine rings is 1. The van der Waals surface area contributed by atoms with E-state index in [2.05, 4.69) is 20.3 Å². The molecule has 0 unspecified atom stereocenters. The molecule has 0 spiro atoms. The Bertz CT molecular complexity index is 1010. The van der Waals surface area contributed by atoms with Crippen molar-refractivity contribution in [2.24, 2.45) is 0 Å². The number of carbonyl (C=O) groups is 1. The van der Waals surface area contributed by atoms with Crippen molar-refractivity contribution < 1.29 is 4.79 Å². The highest BCUT2D eigenvalue weighted by Gasteiger charge is 2.13. The van der Waals surface area contributed by atoms with E-state index in [1.54, 1.807) is 23.7 Å². The molecule has 8 heteroatoms. The van der Waals surface area contributed by atoms with E-state index in [1.165, 1.54) is 11.3 Å². The molecule has 1 amide bonds. The summed E-state index contributed by atoms with van der Waals surface area (Å²) in [6.45, 7) is 0.210. The SMILES string of the molecule is CN(CC(=O)Nc1nc(-c2cccnc2)cs1)c1nc2ccccc2s1. The molecule has 1 aromatic carbocycles. The molecule has 0 fully saturated rings. The van der Waals surface area contributed by atoms with Crippen LogP contribution < -0.4 is 10.2 Å². The number of hydrogen-bond acceptors (Lipinski definition) is 7. The van der Waals surface area contributed by atoms with Gasteiger partial charge in [-0.05, 0) is 24.3 Å². The van der Waals surface area contributed by atoms with Crippen molar-refractivity contribution >= 4 is 49.1 Å². The summed E-state index contributed by atoms with van der Waals surface area (Å²) >= 11 is 2.97. The fourth-order valence-corrected chi connectivity index (χ4v) is 4.10. The number of nitrogens with one attached hydrogen (secondary N) is 1. The number of para-hydroxylation sites is 1. The summed E-state index contributed by atoms with van der Waals surface area (Å²) in [5.41, 5.74) is 2.68. The van der Waals surface area contributed by atoms with E-state index in [0.717, 1.165) is 26.6 Å². The largest absolute Gasteiger partial charge is 0.342 e. The first kappa shape index (κ1) is 16.6. The maximum absolute atomic E-state index is 12.3. The minimum Gasteiger partial charge on any atom is -0.342 e. The predicted octanol–water partition coefficient (Wildman–Crippen LogP) is 3.89. The minimum atomic E-state index is -0.126. The standard InChI is InChI=1S/C18H15N5OS2/c1-23(18-21-13-6-2-3-7-15(13)26-18)10-16(24)22-17-20-14(11-25-17)12-5-4-8-19-9-12/h2-9,11H,10H2,1H3,(H,20,22,24). The fourth-order valence-electron chi connectivity index (χ4n) is 2.44. The summed E-state index contributed by atoms with van der Waals surface area (Å²) in [5.74, 6) is -0.126. The van der Waals surface area contributed by atoms with Crippen LogP contribution in [0.25, 0.3) is 21.5 Å². The van der Waals surface area contributed by atoms with Crippen molar-refractivity contribution in [2.75, 3.05) is 23.8 Å². The molecule has 0 aliphatic rings. The number of rotatable bonds is 5. The third-order valence-electron chi connectivity index (χ3n) is 3.70. The Morgan fingerprint density at radius 3 is 2.88 bits per heavy atom. The summed E-state index contributed by atoms with van der Waals surface area (Å²) in [7, 11) is 1.86. The number of likely N-dealkylation sites (N-methyl/N-ethyl adjacent to an activating group) is 1. The van der Waals surface area contributed by atoms with Crippen molar-refractivity contribution in [3.8, 4) is 11.3 Å². The molecule has 1 N–H and O–H groups in total. The van der Waals surface area contributed by atoms with Gasteiger partial charge in [0.05, 0.1) is 22.5 Å². The van der Waals surface area contributed by atoms with Gasteiger partial charge in [-0.2, -0.15) is 0 Å². The van der Waals surface area contributed by atoms with Crippen molar-refractivity contribution in [2.45, 2.75) is 0 Å². The summed E-state index contributed by atoms with van der Waals surface area (Å²) in [6.07, 6.45) is 3.47. The van der Waals surface area contributed by atoms with Crippen LogP contribution in [0.1, 0.15) is 0 Å². The Morgan fingerprint density at radius 2 is 2.08 bits per heavy atom.